The highest BCUT2D eigenvalue weighted by atomic mass is 16.6. The van der Waals surface area contributed by atoms with Crippen molar-refractivity contribution < 1.29 is 14.5 Å². The third kappa shape index (κ3) is 2.94. The van der Waals surface area contributed by atoms with E-state index in [1.54, 1.807) is 17.9 Å². The van der Waals surface area contributed by atoms with Gasteiger partial charge < -0.3 is 15.4 Å². The molecular formula is C13H17N3O4. The quantitative estimate of drug-likeness (QED) is 0.648. The van der Waals surface area contributed by atoms with Gasteiger partial charge in [-0.25, -0.2) is 0 Å². The highest BCUT2D eigenvalue weighted by Gasteiger charge is 2.25. The van der Waals surface area contributed by atoms with Crippen LogP contribution in [-0.2, 0) is 4.74 Å². The Morgan fingerprint density at radius 2 is 2.35 bits per heavy atom. The number of carbonyl (C=O) groups is 1. The van der Waals surface area contributed by atoms with Crippen LogP contribution in [0.4, 0.5) is 5.69 Å². The molecule has 7 nitrogen and oxygen atoms in total. The fraction of sp³-hybridized carbons (Fsp3) is 0.462. The van der Waals surface area contributed by atoms with Gasteiger partial charge in [0.05, 0.1) is 17.6 Å². The number of nitrogens with two attached hydrogens (primary N) is 1. The van der Waals surface area contributed by atoms with Gasteiger partial charge in [-0.15, -0.1) is 0 Å². The zero-order valence-corrected chi connectivity index (χ0v) is 11.2. The van der Waals surface area contributed by atoms with Crippen molar-refractivity contribution in [2.24, 2.45) is 5.73 Å². The SMILES string of the molecule is Cc1cc(C(=O)N2CCOC(CN)C2)ccc1[N+](=O)[O-]. The van der Waals surface area contributed by atoms with E-state index in [-0.39, 0.29) is 17.7 Å². The number of hydrogen-bond acceptors (Lipinski definition) is 5. The maximum Gasteiger partial charge on any atom is 0.272 e. The van der Waals surface area contributed by atoms with E-state index in [2.05, 4.69) is 0 Å². The van der Waals surface area contributed by atoms with Gasteiger partial charge in [-0.05, 0) is 19.1 Å². The van der Waals surface area contributed by atoms with Crippen LogP contribution in [0.2, 0.25) is 0 Å². The molecule has 1 atom stereocenters. The summed E-state index contributed by atoms with van der Waals surface area (Å²) in [6.45, 7) is 3.40. The molecule has 1 unspecified atom stereocenters. The van der Waals surface area contributed by atoms with E-state index in [0.29, 0.717) is 37.4 Å². The van der Waals surface area contributed by atoms with Crippen molar-refractivity contribution in [1.29, 1.82) is 0 Å². The summed E-state index contributed by atoms with van der Waals surface area (Å²) in [5, 5.41) is 10.8. The Bertz CT molecular complexity index is 532. The molecule has 1 heterocycles. The van der Waals surface area contributed by atoms with Gasteiger partial charge in [0, 0.05) is 36.8 Å². The van der Waals surface area contributed by atoms with E-state index in [4.69, 9.17) is 10.5 Å². The second-order valence-corrected chi connectivity index (χ2v) is 4.74. The standard InChI is InChI=1S/C13H17N3O4/c1-9-6-10(2-3-12(9)16(18)19)13(17)15-4-5-20-11(7-14)8-15/h2-3,6,11H,4-5,7-8,14H2,1H3. The fourth-order valence-electron chi connectivity index (χ4n) is 2.22. The molecule has 0 spiro atoms. The molecule has 0 aliphatic carbocycles. The molecule has 2 N–H and O–H groups in total. The first kappa shape index (κ1) is 14.4. The number of nitrogens with zero attached hydrogens (tertiary/aromatic N) is 2. The molecule has 0 aromatic heterocycles. The molecule has 1 aliphatic heterocycles. The molecule has 20 heavy (non-hydrogen) atoms. The lowest BCUT2D eigenvalue weighted by Crippen LogP contribution is -2.48. The Labute approximate surface area is 116 Å². The number of rotatable bonds is 3. The van der Waals surface area contributed by atoms with Gasteiger partial charge in [-0.1, -0.05) is 0 Å². The minimum absolute atomic E-state index is 0.0170. The minimum Gasteiger partial charge on any atom is -0.373 e. The molecule has 1 aromatic rings. The largest absolute Gasteiger partial charge is 0.373 e. The van der Waals surface area contributed by atoms with Crippen LogP contribution in [-0.4, -0.2) is 48.1 Å². The Balaban J connectivity index is 2.17. The number of nitro groups is 1. The van der Waals surface area contributed by atoms with Crippen LogP contribution in [0.5, 0.6) is 0 Å². The topological polar surface area (TPSA) is 98.7 Å². The highest BCUT2D eigenvalue weighted by Crippen LogP contribution is 2.20. The summed E-state index contributed by atoms with van der Waals surface area (Å²) in [4.78, 5) is 24.3. The normalized spacial score (nSPS) is 18.9. The first-order valence-corrected chi connectivity index (χ1v) is 6.39. The highest BCUT2D eigenvalue weighted by molar-refractivity contribution is 5.94. The number of carbonyl (C=O) groups excluding carboxylic acids is 1. The van der Waals surface area contributed by atoms with E-state index in [1.807, 2.05) is 0 Å². The number of nitro benzene ring substituents is 1. The third-order valence-electron chi connectivity index (χ3n) is 3.33. The van der Waals surface area contributed by atoms with Crippen molar-refractivity contribution in [3.05, 3.63) is 39.4 Å². The Kier molecular flexibility index (Phi) is 4.31. The molecule has 7 heteroatoms. The zero-order chi connectivity index (χ0) is 14.7. The third-order valence-corrected chi connectivity index (χ3v) is 3.33. The van der Waals surface area contributed by atoms with E-state index in [1.165, 1.54) is 12.1 Å². The van der Waals surface area contributed by atoms with Crippen LogP contribution in [0.1, 0.15) is 15.9 Å². The molecule has 1 fully saturated rings. The smallest absolute Gasteiger partial charge is 0.272 e. The lowest BCUT2D eigenvalue weighted by Gasteiger charge is -2.32. The van der Waals surface area contributed by atoms with Gasteiger partial charge in [-0.2, -0.15) is 0 Å². The number of amides is 1. The van der Waals surface area contributed by atoms with Gasteiger partial charge in [0.25, 0.3) is 11.6 Å². The zero-order valence-electron chi connectivity index (χ0n) is 11.2. The molecule has 1 aliphatic rings. The van der Waals surface area contributed by atoms with Crippen molar-refractivity contribution in [3.63, 3.8) is 0 Å². The van der Waals surface area contributed by atoms with Crippen LogP contribution >= 0.6 is 0 Å². The summed E-state index contributed by atoms with van der Waals surface area (Å²) in [7, 11) is 0. The van der Waals surface area contributed by atoms with Crippen LogP contribution in [0.15, 0.2) is 18.2 Å². The van der Waals surface area contributed by atoms with E-state index < -0.39 is 4.92 Å². The van der Waals surface area contributed by atoms with Crippen LogP contribution < -0.4 is 5.73 Å². The number of morpholine rings is 1. The lowest BCUT2D eigenvalue weighted by molar-refractivity contribution is -0.385. The first-order valence-electron chi connectivity index (χ1n) is 6.39. The molecule has 1 saturated heterocycles. The molecule has 1 aromatic carbocycles. The second kappa shape index (κ2) is 5.98. The summed E-state index contributed by atoms with van der Waals surface area (Å²) in [5.41, 5.74) is 6.49. The number of aryl methyl sites for hydroxylation is 1. The Morgan fingerprint density at radius 1 is 1.60 bits per heavy atom. The Hall–Kier alpha value is -1.99. The van der Waals surface area contributed by atoms with Gasteiger partial charge in [0.15, 0.2) is 0 Å². The van der Waals surface area contributed by atoms with E-state index in [0.717, 1.165) is 0 Å². The van der Waals surface area contributed by atoms with Gasteiger partial charge in [0.1, 0.15) is 0 Å². The summed E-state index contributed by atoms with van der Waals surface area (Å²) >= 11 is 0. The van der Waals surface area contributed by atoms with Crippen molar-refractivity contribution in [2.45, 2.75) is 13.0 Å². The number of benzene rings is 1. The van der Waals surface area contributed by atoms with E-state index in [9.17, 15) is 14.9 Å². The van der Waals surface area contributed by atoms with Crippen molar-refractivity contribution in [1.82, 2.24) is 4.90 Å². The molecule has 0 radical (unpaired) electrons. The predicted molar refractivity (Wildman–Crippen MR) is 72.5 cm³/mol. The molecule has 0 saturated carbocycles. The van der Waals surface area contributed by atoms with Crippen molar-refractivity contribution in [3.8, 4) is 0 Å². The molecule has 0 bridgehead atoms. The lowest BCUT2D eigenvalue weighted by atomic mass is 10.1. The second-order valence-electron chi connectivity index (χ2n) is 4.74. The maximum atomic E-state index is 12.4. The minimum atomic E-state index is -0.456. The van der Waals surface area contributed by atoms with Crippen LogP contribution in [0.3, 0.4) is 0 Å². The van der Waals surface area contributed by atoms with Crippen LogP contribution in [0.25, 0.3) is 0 Å². The van der Waals surface area contributed by atoms with Gasteiger partial charge in [-0.3, -0.25) is 14.9 Å². The summed E-state index contributed by atoms with van der Waals surface area (Å²) in [6, 6.07) is 4.40. The van der Waals surface area contributed by atoms with Crippen molar-refractivity contribution in [2.75, 3.05) is 26.2 Å². The molecular weight excluding hydrogens is 262 g/mol. The number of hydrogen-bond donors (Lipinski definition) is 1. The van der Waals surface area contributed by atoms with Crippen LogP contribution in [0, 0.1) is 17.0 Å². The average Bonchev–Trinajstić information content (AvgIpc) is 2.46. The predicted octanol–water partition coefficient (Wildman–Crippen LogP) is 0.703. The molecule has 1 amide bonds. The number of ether oxygens (including phenoxy) is 1. The van der Waals surface area contributed by atoms with E-state index >= 15 is 0 Å². The monoisotopic (exact) mass is 279 g/mol. The van der Waals surface area contributed by atoms with Crippen molar-refractivity contribution >= 4 is 11.6 Å². The molecule has 2 rings (SSSR count). The first-order chi connectivity index (χ1) is 9.52. The summed E-state index contributed by atoms with van der Waals surface area (Å²) in [6.07, 6.45) is -0.146. The van der Waals surface area contributed by atoms with Gasteiger partial charge in [0.2, 0.25) is 0 Å². The Morgan fingerprint density at radius 3 is 2.95 bits per heavy atom. The van der Waals surface area contributed by atoms with Gasteiger partial charge >= 0.3 is 0 Å². The maximum absolute atomic E-state index is 12.4. The molecule has 108 valence electrons. The fourth-order valence-corrected chi connectivity index (χ4v) is 2.22. The average molecular weight is 279 g/mol. The summed E-state index contributed by atoms with van der Waals surface area (Å²) in [5.74, 6) is -0.148. The summed E-state index contributed by atoms with van der Waals surface area (Å²) < 4.78 is 5.41.